The molecule has 0 aliphatic heterocycles. The predicted molar refractivity (Wildman–Crippen MR) is 80.4 cm³/mol. The standard InChI is InChI=1S/C16H23N3O/c1-4-17-15(14-11-12-18-19(14)3)16(20-5-2)13-9-7-6-8-10-13/h6-12,15-17H,4-5H2,1-3H3. The summed E-state index contributed by atoms with van der Waals surface area (Å²) in [6, 6.07) is 12.5. The maximum absolute atomic E-state index is 6.02. The van der Waals surface area contributed by atoms with Gasteiger partial charge in [0.2, 0.25) is 0 Å². The molecule has 0 saturated carbocycles. The third kappa shape index (κ3) is 3.26. The third-order valence-corrected chi connectivity index (χ3v) is 3.38. The van der Waals surface area contributed by atoms with Gasteiger partial charge in [0.1, 0.15) is 6.10 Å². The highest BCUT2D eigenvalue weighted by molar-refractivity contribution is 5.22. The molecular formula is C16H23N3O. The molecule has 2 atom stereocenters. The normalized spacial score (nSPS) is 14.2. The number of ether oxygens (including phenoxy) is 1. The zero-order valence-corrected chi connectivity index (χ0v) is 12.4. The van der Waals surface area contributed by atoms with Crippen molar-refractivity contribution in [3.63, 3.8) is 0 Å². The van der Waals surface area contributed by atoms with E-state index in [-0.39, 0.29) is 12.1 Å². The molecule has 1 heterocycles. The number of aryl methyl sites for hydroxylation is 1. The molecule has 0 amide bonds. The van der Waals surface area contributed by atoms with Crippen LogP contribution in [0.5, 0.6) is 0 Å². The van der Waals surface area contributed by atoms with Crippen LogP contribution in [0.15, 0.2) is 42.6 Å². The lowest BCUT2D eigenvalue weighted by Gasteiger charge is -2.28. The van der Waals surface area contributed by atoms with Crippen LogP contribution in [-0.4, -0.2) is 22.9 Å². The van der Waals surface area contributed by atoms with E-state index in [1.807, 2.05) is 49.1 Å². The fraction of sp³-hybridized carbons (Fsp3) is 0.438. The largest absolute Gasteiger partial charge is 0.372 e. The van der Waals surface area contributed by atoms with Crippen molar-refractivity contribution >= 4 is 0 Å². The van der Waals surface area contributed by atoms with Gasteiger partial charge in [-0.3, -0.25) is 4.68 Å². The smallest absolute Gasteiger partial charge is 0.103 e. The summed E-state index contributed by atoms with van der Waals surface area (Å²) in [7, 11) is 1.97. The summed E-state index contributed by atoms with van der Waals surface area (Å²) >= 11 is 0. The van der Waals surface area contributed by atoms with E-state index >= 15 is 0 Å². The molecule has 1 N–H and O–H groups in total. The molecule has 1 aromatic heterocycles. The fourth-order valence-electron chi connectivity index (χ4n) is 2.48. The van der Waals surface area contributed by atoms with Crippen molar-refractivity contribution in [3.05, 3.63) is 53.9 Å². The van der Waals surface area contributed by atoms with Crippen molar-refractivity contribution in [2.75, 3.05) is 13.2 Å². The zero-order valence-electron chi connectivity index (χ0n) is 12.4. The van der Waals surface area contributed by atoms with E-state index in [2.05, 4.69) is 29.5 Å². The van der Waals surface area contributed by atoms with Crippen LogP contribution in [0.1, 0.15) is 37.3 Å². The molecule has 4 nitrogen and oxygen atoms in total. The Morgan fingerprint density at radius 2 is 1.95 bits per heavy atom. The fourth-order valence-corrected chi connectivity index (χ4v) is 2.48. The van der Waals surface area contributed by atoms with Crippen LogP contribution in [0, 0.1) is 0 Å². The lowest BCUT2D eigenvalue weighted by atomic mass is 9.99. The molecule has 0 aliphatic rings. The molecule has 0 fully saturated rings. The second kappa shape index (κ2) is 7.22. The monoisotopic (exact) mass is 273 g/mol. The van der Waals surface area contributed by atoms with Crippen LogP contribution in [-0.2, 0) is 11.8 Å². The quantitative estimate of drug-likeness (QED) is 0.843. The average molecular weight is 273 g/mol. The molecule has 0 saturated heterocycles. The molecule has 0 bridgehead atoms. The molecule has 108 valence electrons. The number of hydrogen-bond donors (Lipinski definition) is 1. The van der Waals surface area contributed by atoms with Gasteiger partial charge in [-0.25, -0.2) is 0 Å². The van der Waals surface area contributed by atoms with E-state index in [1.165, 1.54) is 5.56 Å². The Hall–Kier alpha value is -1.65. The van der Waals surface area contributed by atoms with Gasteiger partial charge in [0.05, 0.1) is 11.7 Å². The summed E-state index contributed by atoms with van der Waals surface area (Å²) in [5, 5.41) is 7.80. The van der Waals surface area contributed by atoms with Gasteiger partial charge in [0, 0.05) is 19.9 Å². The lowest BCUT2D eigenvalue weighted by molar-refractivity contribution is 0.0310. The third-order valence-electron chi connectivity index (χ3n) is 3.38. The van der Waals surface area contributed by atoms with Crippen molar-refractivity contribution in [3.8, 4) is 0 Å². The predicted octanol–water partition coefficient (Wildman–Crippen LogP) is 2.85. The Balaban J connectivity index is 2.35. The van der Waals surface area contributed by atoms with Crippen LogP contribution >= 0.6 is 0 Å². The average Bonchev–Trinajstić information content (AvgIpc) is 2.90. The first-order valence-corrected chi connectivity index (χ1v) is 7.15. The topological polar surface area (TPSA) is 39.1 Å². The van der Waals surface area contributed by atoms with E-state index < -0.39 is 0 Å². The van der Waals surface area contributed by atoms with E-state index in [9.17, 15) is 0 Å². The highest BCUT2D eigenvalue weighted by Crippen LogP contribution is 2.31. The number of aromatic nitrogens is 2. The molecule has 2 aromatic rings. The van der Waals surface area contributed by atoms with Gasteiger partial charge in [-0.1, -0.05) is 37.3 Å². The summed E-state index contributed by atoms with van der Waals surface area (Å²) < 4.78 is 7.92. The van der Waals surface area contributed by atoms with Crippen molar-refractivity contribution in [1.29, 1.82) is 0 Å². The Labute approximate surface area is 120 Å². The SMILES string of the molecule is CCNC(c1ccnn1C)C(OCC)c1ccccc1. The van der Waals surface area contributed by atoms with Gasteiger partial charge in [-0.15, -0.1) is 0 Å². The maximum atomic E-state index is 6.02. The molecule has 0 aliphatic carbocycles. The Morgan fingerprint density at radius 1 is 1.20 bits per heavy atom. The summed E-state index contributed by atoms with van der Waals surface area (Å²) in [6.45, 7) is 5.70. The van der Waals surface area contributed by atoms with Gasteiger partial charge in [0.15, 0.2) is 0 Å². The molecule has 2 rings (SSSR count). The van der Waals surface area contributed by atoms with Crippen molar-refractivity contribution in [1.82, 2.24) is 15.1 Å². The van der Waals surface area contributed by atoms with Gasteiger partial charge >= 0.3 is 0 Å². The molecule has 2 unspecified atom stereocenters. The molecule has 0 radical (unpaired) electrons. The summed E-state index contributed by atoms with van der Waals surface area (Å²) in [5.74, 6) is 0. The minimum absolute atomic E-state index is 0.0171. The van der Waals surface area contributed by atoms with E-state index in [0.717, 1.165) is 12.2 Å². The van der Waals surface area contributed by atoms with Crippen LogP contribution in [0.4, 0.5) is 0 Å². The number of rotatable bonds is 7. The first kappa shape index (κ1) is 14.8. The molecule has 4 heteroatoms. The first-order valence-electron chi connectivity index (χ1n) is 7.15. The number of nitrogens with one attached hydrogen (secondary N) is 1. The van der Waals surface area contributed by atoms with Crippen molar-refractivity contribution < 1.29 is 4.74 Å². The van der Waals surface area contributed by atoms with Gasteiger partial charge in [0.25, 0.3) is 0 Å². The van der Waals surface area contributed by atoms with Crippen molar-refractivity contribution in [2.24, 2.45) is 7.05 Å². The first-order chi connectivity index (χ1) is 9.77. The zero-order chi connectivity index (χ0) is 14.4. The van der Waals surface area contributed by atoms with E-state index in [1.54, 1.807) is 0 Å². The molecule has 1 aromatic carbocycles. The van der Waals surface area contributed by atoms with E-state index in [0.29, 0.717) is 6.61 Å². The molecule has 0 spiro atoms. The minimum Gasteiger partial charge on any atom is -0.372 e. The highest BCUT2D eigenvalue weighted by atomic mass is 16.5. The van der Waals surface area contributed by atoms with Crippen LogP contribution < -0.4 is 5.32 Å². The second-order valence-electron chi connectivity index (χ2n) is 4.70. The summed E-state index contributed by atoms with van der Waals surface area (Å²) in [6.07, 6.45) is 1.81. The van der Waals surface area contributed by atoms with Crippen LogP contribution in [0.25, 0.3) is 0 Å². The molecular weight excluding hydrogens is 250 g/mol. The van der Waals surface area contributed by atoms with E-state index in [4.69, 9.17) is 4.74 Å². The van der Waals surface area contributed by atoms with Gasteiger partial charge < -0.3 is 10.1 Å². The van der Waals surface area contributed by atoms with Gasteiger partial charge in [-0.05, 0) is 25.1 Å². The number of likely N-dealkylation sites (N-methyl/N-ethyl adjacent to an activating group) is 1. The van der Waals surface area contributed by atoms with Crippen LogP contribution in [0.2, 0.25) is 0 Å². The lowest BCUT2D eigenvalue weighted by Crippen LogP contribution is -2.30. The Bertz CT molecular complexity index is 509. The molecule has 20 heavy (non-hydrogen) atoms. The highest BCUT2D eigenvalue weighted by Gasteiger charge is 2.26. The number of hydrogen-bond acceptors (Lipinski definition) is 3. The van der Waals surface area contributed by atoms with Crippen molar-refractivity contribution in [2.45, 2.75) is 26.0 Å². The Kier molecular flexibility index (Phi) is 5.32. The Morgan fingerprint density at radius 3 is 2.50 bits per heavy atom. The summed E-state index contributed by atoms with van der Waals surface area (Å²) in [5.41, 5.74) is 2.32. The number of benzene rings is 1. The summed E-state index contributed by atoms with van der Waals surface area (Å²) in [4.78, 5) is 0. The van der Waals surface area contributed by atoms with Crippen LogP contribution in [0.3, 0.4) is 0 Å². The second-order valence-corrected chi connectivity index (χ2v) is 4.70. The van der Waals surface area contributed by atoms with Gasteiger partial charge in [-0.2, -0.15) is 5.10 Å². The number of nitrogens with zero attached hydrogens (tertiary/aromatic N) is 2. The maximum Gasteiger partial charge on any atom is 0.103 e. The minimum atomic E-state index is -0.0171.